The lowest BCUT2D eigenvalue weighted by Crippen LogP contribution is -2.38. The molecule has 0 atom stereocenters. The zero-order valence-electron chi connectivity index (χ0n) is 13.4. The Balaban J connectivity index is 1.73. The van der Waals surface area contributed by atoms with Crippen LogP contribution in [0.2, 0.25) is 5.02 Å². The molecule has 0 aliphatic rings. The van der Waals surface area contributed by atoms with E-state index in [2.05, 4.69) is 20.2 Å². The van der Waals surface area contributed by atoms with Crippen LogP contribution in [-0.4, -0.2) is 34.0 Å². The fraction of sp³-hybridized carbons (Fsp3) is 0.0714. The average molecular weight is 396 g/mol. The number of aromatic nitrogens is 4. The van der Waals surface area contributed by atoms with E-state index in [0.29, 0.717) is 5.69 Å². The third-order valence-electron chi connectivity index (χ3n) is 3.11. The Morgan fingerprint density at radius 2 is 1.92 bits per heavy atom. The molecule has 0 radical (unpaired) electrons. The molecule has 0 aliphatic heterocycles. The van der Waals surface area contributed by atoms with Crippen LogP contribution in [0.4, 0.5) is 16.3 Å². The summed E-state index contributed by atoms with van der Waals surface area (Å²) in [6.45, 7) is 0. The van der Waals surface area contributed by atoms with Gasteiger partial charge in [0.15, 0.2) is 5.82 Å². The molecule has 0 saturated heterocycles. The molecule has 3 aromatic rings. The molecule has 2 aromatic heterocycles. The van der Waals surface area contributed by atoms with Gasteiger partial charge in [-0.3, -0.25) is 4.68 Å². The van der Waals surface area contributed by atoms with E-state index in [4.69, 9.17) is 11.6 Å². The van der Waals surface area contributed by atoms with Gasteiger partial charge in [-0.25, -0.2) is 14.2 Å². The fourth-order valence-corrected chi connectivity index (χ4v) is 3.14. The van der Waals surface area contributed by atoms with Gasteiger partial charge in [-0.1, -0.05) is 29.8 Å². The molecular formula is C14H14ClN7O3S. The quantitative estimate of drug-likeness (QED) is 0.607. The van der Waals surface area contributed by atoms with Crippen molar-refractivity contribution in [3.63, 3.8) is 0 Å². The van der Waals surface area contributed by atoms with Crippen molar-refractivity contribution in [3.05, 3.63) is 53.8 Å². The van der Waals surface area contributed by atoms with Crippen molar-refractivity contribution in [2.45, 2.75) is 0 Å². The molecule has 10 nitrogen and oxygen atoms in total. The summed E-state index contributed by atoms with van der Waals surface area (Å²) in [4.78, 5) is 11.9. The van der Waals surface area contributed by atoms with E-state index in [1.54, 1.807) is 43.6 Å². The number of para-hydroxylation sites is 1. The lowest BCUT2D eigenvalue weighted by Gasteiger charge is -2.11. The first-order valence-corrected chi connectivity index (χ1v) is 9.10. The zero-order chi connectivity index (χ0) is 18.7. The summed E-state index contributed by atoms with van der Waals surface area (Å²) in [5.41, 5.74) is 0.450. The number of anilines is 2. The number of hydrogen-bond donors (Lipinski definition) is 3. The maximum Gasteiger partial charge on any atom is 0.334 e. The highest BCUT2D eigenvalue weighted by molar-refractivity contribution is 7.91. The minimum absolute atomic E-state index is 0.0608. The molecule has 3 N–H and O–H groups in total. The van der Waals surface area contributed by atoms with Crippen molar-refractivity contribution in [2.24, 2.45) is 7.05 Å². The monoisotopic (exact) mass is 395 g/mol. The number of nitrogens with one attached hydrogen (secondary N) is 3. The first kappa shape index (κ1) is 17.8. The van der Waals surface area contributed by atoms with E-state index in [1.807, 2.05) is 4.72 Å². The van der Waals surface area contributed by atoms with Crippen LogP contribution in [0.25, 0.3) is 5.82 Å². The molecule has 0 aliphatic carbocycles. The van der Waals surface area contributed by atoms with Gasteiger partial charge in [0.1, 0.15) is 10.8 Å². The van der Waals surface area contributed by atoms with Gasteiger partial charge in [0, 0.05) is 25.0 Å². The van der Waals surface area contributed by atoms with Crippen LogP contribution in [0, 0.1) is 0 Å². The number of carbonyl (C=O) groups excluding carboxylic acids is 1. The van der Waals surface area contributed by atoms with Crippen molar-refractivity contribution >= 4 is 39.3 Å². The van der Waals surface area contributed by atoms with Gasteiger partial charge < -0.3 is 5.32 Å². The molecular weight excluding hydrogens is 382 g/mol. The number of hydrogen-bond acceptors (Lipinski definition) is 5. The number of amides is 2. The van der Waals surface area contributed by atoms with Crippen LogP contribution >= 0.6 is 11.6 Å². The van der Waals surface area contributed by atoms with Crippen LogP contribution in [0.3, 0.4) is 0 Å². The van der Waals surface area contributed by atoms with Gasteiger partial charge in [-0.05, 0) is 12.1 Å². The lowest BCUT2D eigenvalue weighted by molar-refractivity contribution is 0.256. The Bertz CT molecular complexity index is 1030. The Morgan fingerprint density at radius 3 is 2.58 bits per heavy atom. The molecule has 1 aromatic carbocycles. The predicted molar refractivity (Wildman–Crippen MR) is 96.5 cm³/mol. The molecule has 0 saturated carbocycles. The first-order valence-electron chi connectivity index (χ1n) is 7.24. The van der Waals surface area contributed by atoms with Gasteiger partial charge in [-0.2, -0.15) is 23.3 Å². The maximum atomic E-state index is 12.2. The molecule has 136 valence electrons. The van der Waals surface area contributed by atoms with Crippen molar-refractivity contribution in [1.82, 2.24) is 24.3 Å². The van der Waals surface area contributed by atoms with Crippen LogP contribution in [0.5, 0.6) is 0 Å². The van der Waals surface area contributed by atoms with E-state index in [-0.39, 0.29) is 16.7 Å². The summed E-state index contributed by atoms with van der Waals surface area (Å²) in [7, 11) is -2.55. The van der Waals surface area contributed by atoms with Gasteiger partial charge in [0.05, 0.1) is 6.20 Å². The Kier molecular flexibility index (Phi) is 4.82. The maximum absolute atomic E-state index is 12.2. The van der Waals surface area contributed by atoms with E-state index < -0.39 is 16.2 Å². The number of carbonyl (C=O) groups is 1. The van der Waals surface area contributed by atoms with E-state index in [0.717, 1.165) is 0 Å². The molecule has 26 heavy (non-hydrogen) atoms. The second-order valence-electron chi connectivity index (χ2n) is 5.13. The second-order valence-corrected chi connectivity index (χ2v) is 6.95. The van der Waals surface area contributed by atoms with E-state index in [1.165, 1.54) is 21.6 Å². The Labute approximate surface area is 154 Å². The lowest BCUT2D eigenvalue weighted by atomic mass is 10.3. The summed E-state index contributed by atoms with van der Waals surface area (Å²) < 4.78 is 31.1. The van der Waals surface area contributed by atoms with Crippen LogP contribution in [-0.2, 0) is 17.3 Å². The molecule has 2 amide bonds. The van der Waals surface area contributed by atoms with Crippen LogP contribution in [0.15, 0.2) is 48.8 Å². The third kappa shape index (κ3) is 4.13. The number of rotatable bonds is 5. The highest BCUT2D eigenvalue weighted by atomic mass is 35.5. The second kappa shape index (κ2) is 7.06. The van der Waals surface area contributed by atoms with Crippen molar-refractivity contribution in [3.8, 4) is 5.82 Å². The third-order valence-corrected chi connectivity index (χ3v) is 4.31. The largest absolute Gasteiger partial charge is 0.334 e. The Hall–Kier alpha value is -3.05. The SMILES string of the molecule is Cn1cc(Cl)c(-n2nccc2NS(=O)(=O)NC(=O)Nc2ccccc2)n1. The molecule has 12 heteroatoms. The summed E-state index contributed by atoms with van der Waals surface area (Å²) >= 11 is 6.05. The molecule has 3 rings (SSSR count). The number of nitrogens with zero attached hydrogens (tertiary/aromatic N) is 4. The van der Waals surface area contributed by atoms with E-state index in [9.17, 15) is 13.2 Å². The summed E-state index contributed by atoms with van der Waals surface area (Å²) in [6, 6.07) is 8.92. The zero-order valence-corrected chi connectivity index (χ0v) is 15.0. The van der Waals surface area contributed by atoms with E-state index >= 15 is 0 Å². The predicted octanol–water partition coefficient (Wildman–Crippen LogP) is 1.74. The Morgan fingerprint density at radius 1 is 1.19 bits per heavy atom. The summed E-state index contributed by atoms with van der Waals surface area (Å²) in [6.07, 6.45) is 2.91. The smallest absolute Gasteiger partial charge is 0.307 e. The molecule has 0 bridgehead atoms. The summed E-state index contributed by atoms with van der Waals surface area (Å²) in [5.74, 6) is 0.302. The number of aryl methyl sites for hydroxylation is 1. The molecule has 2 heterocycles. The normalized spacial score (nSPS) is 11.2. The van der Waals surface area contributed by atoms with Gasteiger partial charge in [0.25, 0.3) is 0 Å². The highest BCUT2D eigenvalue weighted by Crippen LogP contribution is 2.21. The molecule has 0 spiro atoms. The number of halogens is 1. The van der Waals surface area contributed by atoms with Gasteiger partial charge in [0.2, 0.25) is 0 Å². The number of urea groups is 1. The first-order chi connectivity index (χ1) is 12.3. The van der Waals surface area contributed by atoms with Crippen LogP contribution < -0.4 is 14.8 Å². The topological polar surface area (TPSA) is 123 Å². The number of benzene rings is 1. The fourth-order valence-electron chi connectivity index (χ4n) is 2.10. The minimum Gasteiger partial charge on any atom is -0.307 e. The van der Waals surface area contributed by atoms with Crippen LogP contribution in [0.1, 0.15) is 0 Å². The van der Waals surface area contributed by atoms with Gasteiger partial charge >= 0.3 is 16.2 Å². The summed E-state index contributed by atoms with van der Waals surface area (Å²) in [5, 5.41) is 10.8. The van der Waals surface area contributed by atoms with Crippen molar-refractivity contribution < 1.29 is 13.2 Å². The average Bonchev–Trinajstić information content (AvgIpc) is 3.12. The van der Waals surface area contributed by atoms with Gasteiger partial charge in [-0.15, -0.1) is 0 Å². The highest BCUT2D eigenvalue weighted by Gasteiger charge is 2.19. The molecule has 0 fully saturated rings. The molecule has 0 unspecified atom stereocenters. The standard InChI is InChI=1S/C14H14ClN7O3S/c1-21-9-11(15)13(18-21)22-12(7-8-16-22)19-26(24,25)20-14(23)17-10-5-3-2-4-6-10/h2-9,19H,1H3,(H2,17,20,23). The minimum atomic E-state index is -4.21. The van der Waals surface area contributed by atoms with Crippen molar-refractivity contribution in [2.75, 3.05) is 10.0 Å². The van der Waals surface area contributed by atoms with Crippen molar-refractivity contribution in [1.29, 1.82) is 0 Å².